The fourth-order valence-electron chi connectivity index (χ4n) is 3.32. The van der Waals surface area contributed by atoms with Gasteiger partial charge in [-0.05, 0) is 24.0 Å². The van der Waals surface area contributed by atoms with E-state index in [1.165, 1.54) is 11.1 Å². The number of carbonyl (C=O) groups excluding carboxylic acids is 1. The molecule has 1 aliphatic carbocycles. The molecule has 3 nitrogen and oxygen atoms in total. The van der Waals surface area contributed by atoms with E-state index in [0.717, 1.165) is 25.9 Å². The number of hydrogen-bond donors (Lipinski definition) is 1. The second kappa shape index (κ2) is 6.17. The van der Waals surface area contributed by atoms with Crippen molar-refractivity contribution in [2.75, 3.05) is 13.1 Å². The molecule has 2 aromatic rings. The predicted molar refractivity (Wildman–Crippen MR) is 91.0 cm³/mol. The van der Waals surface area contributed by atoms with Crippen molar-refractivity contribution in [2.45, 2.75) is 24.9 Å². The maximum atomic E-state index is 12.2. The van der Waals surface area contributed by atoms with E-state index in [4.69, 9.17) is 0 Å². The van der Waals surface area contributed by atoms with Crippen LogP contribution in [-0.2, 0) is 4.79 Å². The summed E-state index contributed by atoms with van der Waals surface area (Å²) in [6.45, 7) is 1.68. The lowest BCUT2D eigenvalue weighted by molar-refractivity contribution is -0.131. The Hall–Kier alpha value is -2.13. The summed E-state index contributed by atoms with van der Waals surface area (Å²) in [5, 5.41) is 3.13. The molecule has 0 radical (unpaired) electrons. The molecule has 3 heteroatoms. The van der Waals surface area contributed by atoms with Crippen LogP contribution in [0.5, 0.6) is 0 Å². The second-order valence-electron chi connectivity index (χ2n) is 6.66. The van der Waals surface area contributed by atoms with E-state index in [2.05, 4.69) is 58.7 Å². The largest absolute Gasteiger partial charge is 0.353 e. The standard InChI is InChI=1S/C20H22N2O/c23-20(21-18-11-12-18)17-13-22(14-17)19(15-7-3-1-4-8-15)16-9-5-2-6-10-16/h1-10,17-19H,11-14H2,(H,21,23). The minimum Gasteiger partial charge on any atom is -0.353 e. The Labute approximate surface area is 137 Å². The van der Waals surface area contributed by atoms with Gasteiger partial charge in [-0.25, -0.2) is 0 Å². The van der Waals surface area contributed by atoms with Crippen molar-refractivity contribution in [3.63, 3.8) is 0 Å². The Kier molecular flexibility index (Phi) is 3.88. The van der Waals surface area contributed by atoms with Crippen LogP contribution >= 0.6 is 0 Å². The van der Waals surface area contributed by atoms with Crippen molar-refractivity contribution >= 4 is 5.91 Å². The number of carbonyl (C=O) groups is 1. The molecule has 1 N–H and O–H groups in total. The van der Waals surface area contributed by atoms with Crippen LogP contribution < -0.4 is 5.32 Å². The summed E-state index contributed by atoms with van der Waals surface area (Å²) < 4.78 is 0. The van der Waals surface area contributed by atoms with Gasteiger partial charge in [0.05, 0.1) is 12.0 Å². The molecule has 2 fully saturated rings. The van der Waals surface area contributed by atoms with Gasteiger partial charge in [-0.1, -0.05) is 60.7 Å². The Morgan fingerprint density at radius 2 is 1.43 bits per heavy atom. The minimum absolute atomic E-state index is 0.144. The summed E-state index contributed by atoms with van der Waals surface area (Å²) >= 11 is 0. The molecule has 0 spiro atoms. The lowest BCUT2D eigenvalue weighted by Gasteiger charge is -2.44. The third-order valence-corrected chi connectivity index (χ3v) is 4.80. The number of nitrogens with one attached hydrogen (secondary N) is 1. The first-order chi connectivity index (χ1) is 11.3. The van der Waals surface area contributed by atoms with Gasteiger partial charge in [0, 0.05) is 19.1 Å². The highest BCUT2D eigenvalue weighted by Gasteiger charge is 2.39. The van der Waals surface area contributed by atoms with Crippen LogP contribution in [-0.4, -0.2) is 29.9 Å². The first-order valence-corrected chi connectivity index (χ1v) is 8.45. The third kappa shape index (κ3) is 3.15. The van der Waals surface area contributed by atoms with Gasteiger partial charge in [0.25, 0.3) is 0 Å². The first kappa shape index (κ1) is 14.5. The van der Waals surface area contributed by atoms with Crippen molar-refractivity contribution in [2.24, 2.45) is 5.92 Å². The van der Waals surface area contributed by atoms with Crippen LogP contribution in [0.25, 0.3) is 0 Å². The summed E-state index contributed by atoms with van der Waals surface area (Å²) in [5.74, 6) is 0.383. The Morgan fingerprint density at radius 3 is 1.91 bits per heavy atom. The highest BCUT2D eigenvalue weighted by molar-refractivity contribution is 5.80. The lowest BCUT2D eigenvalue weighted by Crippen LogP contribution is -2.55. The quantitative estimate of drug-likeness (QED) is 0.921. The highest BCUT2D eigenvalue weighted by Crippen LogP contribution is 2.34. The number of rotatable bonds is 5. The van der Waals surface area contributed by atoms with Crippen LogP contribution in [0.3, 0.4) is 0 Å². The third-order valence-electron chi connectivity index (χ3n) is 4.80. The zero-order valence-corrected chi connectivity index (χ0v) is 13.2. The normalized spacial score (nSPS) is 18.7. The van der Waals surface area contributed by atoms with Crippen LogP contribution in [0.4, 0.5) is 0 Å². The molecule has 0 bridgehead atoms. The van der Waals surface area contributed by atoms with E-state index in [-0.39, 0.29) is 17.9 Å². The SMILES string of the molecule is O=C(NC1CC1)C1CN(C(c2ccccc2)c2ccccc2)C1. The first-order valence-electron chi connectivity index (χ1n) is 8.45. The molecule has 118 valence electrons. The average Bonchev–Trinajstić information content (AvgIpc) is 3.36. The second-order valence-corrected chi connectivity index (χ2v) is 6.66. The molecule has 4 rings (SSSR count). The molecule has 2 aromatic carbocycles. The van der Waals surface area contributed by atoms with Gasteiger partial charge in [0.15, 0.2) is 0 Å². The summed E-state index contributed by atoms with van der Waals surface area (Å²) in [5.41, 5.74) is 2.58. The number of amides is 1. The fraction of sp³-hybridized carbons (Fsp3) is 0.350. The fourth-order valence-corrected chi connectivity index (χ4v) is 3.32. The summed E-state index contributed by atoms with van der Waals surface area (Å²) in [4.78, 5) is 14.6. The van der Waals surface area contributed by atoms with Crippen molar-refractivity contribution in [1.29, 1.82) is 0 Å². The van der Waals surface area contributed by atoms with Crippen LogP contribution in [0.1, 0.15) is 30.0 Å². The number of hydrogen-bond acceptors (Lipinski definition) is 2. The van der Waals surface area contributed by atoms with Gasteiger partial charge in [0.2, 0.25) is 5.91 Å². The van der Waals surface area contributed by atoms with Crippen LogP contribution in [0.15, 0.2) is 60.7 Å². The Balaban J connectivity index is 1.50. The van der Waals surface area contributed by atoms with E-state index < -0.39 is 0 Å². The molecular formula is C20H22N2O. The molecule has 1 saturated carbocycles. The molecule has 1 amide bonds. The summed E-state index contributed by atoms with van der Waals surface area (Å²) in [7, 11) is 0. The summed E-state index contributed by atoms with van der Waals surface area (Å²) in [6.07, 6.45) is 2.30. The molecule has 1 saturated heterocycles. The number of likely N-dealkylation sites (tertiary alicyclic amines) is 1. The minimum atomic E-state index is 0.144. The van der Waals surface area contributed by atoms with E-state index in [1.54, 1.807) is 0 Å². The zero-order valence-electron chi connectivity index (χ0n) is 13.2. The Bertz CT molecular complexity index is 621. The maximum Gasteiger partial charge on any atom is 0.225 e. The van der Waals surface area contributed by atoms with E-state index in [0.29, 0.717) is 6.04 Å². The van der Waals surface area contributed by atoms with Gasteiger partial charge >= 0.3 is 0 Å². The average molecular weight is 306 g/mol. The monoisotopic (exact) mass is 306 g/mol. The van der Waals surface area contributed by atoms with E-state index in [1.807, 2.05) is 12.1 Å². The molecule has 0 unspecified atom stereocenters. The maximum absolute atomic E-state index is 12.2. The predicted octanol–water partition coefficient (Wildman–Crippen LogP) is 2.99. The van der Waals surface area contributed by atoms with Crippen LogP contribution in [0, 0.1) is 5.92 Å². The van der Waals surface area contributed by atoms with Crippen LogP contribution in [0.2, 0.25) is 0 Å². The molecular weight excluding hydrogens is 284 g/mol. The molecule has 0 aromatic heterocycles. The number of nitrogens with zero attached hydrogens (tertiary/aromatic N) is 1. The highest BCUT2D eigenvalue weighted by atomic mass is 16.2. The van der Waals surface area contributed by atoms with Gasteiger partial charge in [-0.3, -0.25) is 9.69 Å². The molecule has 0 atom stereocenters. The van der Waals surface area contributed by atoms with E-state index in [9.17, 15) is 4.79 Å². The molecule has 23 heavy (non-hydrogen) atoms. The lowest BCUT2D eigenvalue weighted by atomic mass is 9.90. The summed E-state index contributed by atoms with van der Waals surface area (Å²) in [6, 6.07) is 21.8. The van der Waals surface area contributed by atoms with Gasteiger partial charge < -0.3 is 5.32 Å². The van der Waals surface area contributed by atoms with Gasteiger partial charge in [-0.15, -0.1) is 0 Å². The molecule has 1 heterocycles. The van der Waals surface area contributed by atoms with Gasteiger partial charge in [0.1, 0.15) is 0 Å². The number of benzene rings is 2. The molecule has 1 aliphatic heterocycles. The topological polar surface area (TPSA) is 32.3 Å². The zero-order chi connectivity index (χ0) is 15.6. The van der Waals surface area contributed by atoms with Crippen molar-refractivity contribution < 1.29 is 4.79 Å². The van der Waals surface area contributed by atoms with Crippen molar-refractivity contribution in [3.8, 4) is 0 Å². The smallest absolute Gasteiger partial charge is 0.225 e. The molecule has 2 aliphatic rings. The van der Waals surface area contributed by atoms with Gasteiger partial charge in [-0.2, -0.15) is 0 Å². The van der Waals surface area contributed by atoms with Crippen molar-refractivity contribution in [3.05, 3.63) is 71.8 Å². The van der Waals surface area contributed by atoms with Crippen molar-refractivity contribution in [1.82, 2.24) is 10.2 Å². The Morgan fingerprint density at radius 1 is 0.913 bits per heavy atom. The van der Waals surface area contributed by atoms with E-state index >= 15 is 0 Å².